The minimum absolute atomic E-state index is 0.140. The van der Waals surface area contributed by atoms with Crippen LogP contribution in [0.3, 0.4) is 0 Å². The van der Waals surface area contributed by atoms with Gasteiger partial charge in [-0.05, 0) is 17.7 Å². The lowest BCUT2D eigenvalue weighted by Gasteiger charge is -2.16. The molecule has 3 nitrogen and oxygen atoms in total. The van der Waals surface area contributed by atoms with Crippen molar-refractivity contribution < 1.29 is 40.6 Å². The van der Waals surface area contributed by atoms with E-state index < -0.39 is 36.2 Å². The van der Waals surface area contributed by atoms with Gasteiger partial charge in [-0.15, -0.1) is 13.2 Å². The van der Waals surface area contributed by atoms with Gasteiger partial charge in [0.1, 0.15) is 5.75 Å². The highest BCUT2D eigenvalue weighted by atomic mass is 19.4. The first-order valence-electron chi connectivity index (χ1n) is 5.05. The highest BCUT2D eigenvalue weighted by Gasteiger charge is 2.39. The molecule has 1 aromatic carbocycles. The Morgan fingerprint density at radius 3 is 2.20 bits per heavy atom. The van der Waals surface area contributed by atoms with Crippen molar-refractivity contribution in [2.45, 2.75) is 19.0 Å². The van der Waals surface area contributed by atoms with Crippen LogP contribution in [0, 0.1) is 0 Å². The van der Waals surface area contributed by atoms with Crippen LogP contribution in [0.1, 0.15) is 11.1 Å². The predicted octanol–water partition coefficient (Wildman–Crippen LogP) is 3.32. The number of carbonyl (C=O) groups is 1. The van der Waals surface area contributed by atoms with Crippen molar-refractivity contribution in [1.82, 2.24) is 0 Å². The van der Waals surface area contributed by atoms with Gasteiger partial charge < -0.3 is 9.47 Å². The third-order valence-corrected chi connectivity index (χ3v) is 2.15. The molecule has 9 heteroatoms. The number of hydrogen-bond donors (Lipinski definition) is 0. The summed E-state index contributed by atoms with van der Waals surface area (Å²) in [4.78, 5) is 10.9. The van der Waals surface area contributed by atoms with Gasteiger partial charge >= 0.3 is 18.5 Å². The fraction of sp³-hybridized carbons (Fsp3) is 0.364. The molecular weight excluding hydrogens is 294 g/mol. The van der Waals surface area contributed by atoms with E-state index >= 15 is 0 Å². The Labute approximate surface area is 109 Å². The number of alkyl halides is 6. The van der Waals surface area contributed by atoms with Gasteiger partial charge in [-0.25, -0.2) is 0 Å². The third kappa shape index (κ3) is 4.63. The van der Waals surface area contributed by atoms with Crippen LogP contribution >= 0.6 is 0 Å². The number of hydrogen-bond acceptors (Lipinski definition) is 3. The van der Waals surface area contributed by atoms with Crippen molar-refractivity contribution in [3.8, 4) is 5.75 Å². The fourth-order valence-electron chi connectivity index (χ4n) is 1.36. The van der Waals surface area contributed by atoms with E-state index in [4.69, 9.17) is 0 Å². The Morgan fingerprint density at radius 1 is 1.15 bits per heavy atom. The van der Waals surface area contributed by atoms with Crippen LogP contribution in [0.25, 0.3) is 0 Å². The van der Waals surface area contributed by atoms with Gasteiger partial charge in [-0.3, -0.25) is 4.79 Å². The summed E-state index contributed by atoms with van der Waals surface area (Å²) in [6.07, 6.45) is -10.8. The molecule has 1 aromatic rings. The molecule has 0 amide bonds. The van der Waals surface area contributed by atoms with Crippen LogP contribution < -0.4 is 4.74 Å². The molecule has 0 aliphatic heterocycles. The van der Waals surface area contributed by atoms with Crippen molar-refractivity contribution in [3.05, 3.63) is 29.3 Å². The van der Waals surface area contributed by atoms with Crippen LogP contribution in [0.4, 0.5) is 26.3 Å². The second kappa shape index (κ2) is 5.59. The van der Waals surface area contributed by atoms with Crippen molar-refractivity contribution in [3.63, 3.8) is 0 Å². The summed E-state index contributed by atoms with van der Waals surface area (Å²) in [7, 11) is 1.04. The van der Waals surface area contributed by atoms with Gasteiger partial charge in [0.25, 0.3) is 0 Å². The van der Waals surface area contributed by atoms with Crippen molar-refractivity contribution in [1.29, 1.82) is 0 Å². The van der Waals surface area contributed by atoms with E-state index in [9.17, 15) is 31.1 Å². The molecule has 0 fully saturated rings. The second-order valence-corrected chi connectivity index (χ2v) is 3.63. The van der Waals surface area contributed by atoms with Gasteiger partial charge in [0.05, 0.1) is 19.1 Å². The first kappa shape index (κ1) is 16.1. The second-order valence-electron chi connectivity index (χ2n) is 3.63. The Hall–Kier alpha value is -1.93. The minimum Gasteiger partial charge on any atom is -0.469 e. The molecule has 0 atom stereocenters. The highest BCUT2D eigenvalue weighted by Crippen LogP contribution is 2.39. The number of esters is 1. The molecule has 0 bridgehead atoms. The lowest BCUT2D eigenvalue weighted by atomic mass is 10.1. The Kier molecular flexibility index (Phi) is 4.51. The molecule has 0 spiro atoms. The summed E-state index contributed by atoms with van der Waals surface area (Å²) in [6, 6.07) is 1.85. The van der Waals surface area contributed by atoms with Crippen molar-refractivity contribution in [2.75, 3.05) is 7.11 Å². The van der Waals surface area contributed by atoms with E-state index in [1.54, 1.807) is 0 Å². The lowest BCUT2D eigenvalue weighted by Crippen LogP contribution is -2.20. The largest absolute Gasteiger partial charge is 0.573 e. The van der Waals surface area contributed by atoms with E-state index in [-0.39, 0.29) is 5.56 Å². The highest BCUT2D eigenvalue weighted by molar-refractivity contribution is 5.72. The van der Waals surface area contributed by atoms with Crippen LogP contribution in [0.15, 0.2) is 18.2 Å². The van der Waals surface area contributed by atoms with E-state index in [0.717, 1.165) is 13.2 Å². The monoisotopic (exact) mass is 302 g/mol. The quantitative estimate of drug-likeness (QED) is 0.635. The maximum absolute atomic E-state index is 12.7. The maximum Gasteiger partial charge on any atom is 0.573 e. The topological polar surface area (TPSA) is 35.5 Å². The SMILES string of the molecule is COC(=O)Cc1ccc(OC(F)(F)F)c(C(F)(F)F)c1. The molecule has 0 aliphatic carbocycles. The molecule has 20 heavy (non-hydrogen) atoms. The molecular formula is C11H8F6O3. The van der Waals surface area contributed by atoms with Gasteiger partial charge in [0.2, 0.25) is 0 Å². The predicted molar refractivity (Wildman–Crippen MR) is 53.8 cm³/mol. The van der Waals surface area contributed by atoms with Gasteiger partial charge in [0.15, 0.2) is 0 Å². The molecule has 0 unspecified atom stereocenters. The number of benzene rings is 1. The maximum atomic E-state index is 12.7. The number of rotatable bonds is 3. The number of methoxy groups -OCH3 is 1. The summed E-state index contributed by atoms with van der Waals surface area (Å²) in [5.74, 6) is -2.19. The minimum atomic E-state index is -5.25. The van der Waals surface area contributed by atoms with Crippen LogP contribution in [0.2, 0.25) is 0 Å². The van der Waals surface area contributed by atoms with Crippen molar-refractivity contribution >= 4 is 5.97 Å². The Bertz CT molecular complexity index is 492. The van der Waals surface area contributed by atoms with Crippen LogP contribution in [0.5, 0.6) is 5.75 Å². The van der Waals surface area contributed by atoms with E-state index in [0.29, 0.717) is 12.1 Å². The van der Waals surface area contributed by atoms with Crippen molar-refractivity contribution in [2.24, 2.45) is 0 Å². The number of halogens is 6. The van der Waals surface area contributed by atoms with Crippen LogP contribution in [-0.2, 0) is 22.1 Å². The summed E-state index contributed by atoms with van der Waals surface area (Å²) >= 11 is 0. The van der Waals surface area contributed by atoms with Crippen LogP contribution in [-0.4, -0.2) is 19.4 Å². The molecule has 0 aliphatic rings. The molecule has 112 valence electrons. The molecule has 0 N–H and O–H groups in total. The molecule has 0 radical (unpaired) electrons. The fourth-order valence-corrected chi connectivity index (χ4v) is 1.36. The zero-order chi connectivity index (χ0) is 15.6. The smallest absolute Gasteiger partial charge is 0.469 e. The summed E-state index contributed by atoms with van der Waals surface area (Å²) in [5, 5.41) is 0. The lowest BCUT2D eigenvalue weighted by molar-refractivity contribution is -0.276. The average molecular weight is 302 g/mol. The zero-order valence-corrected chi connectivity index (χ0v) is 9.93. The summed E-state index contributed by atoms with van der Waals surface area (Å²) in [5.41, 5.74) is -1.75. The molecule has 0 heterocycles. The summed E-state index contributed by atoms with van der Waals surface area (Å²) in [6.45, 7) is 0. The average Bonchev–Trinajstić information content (AvgIpc) is 2.27. The number of ether oxygens (including phenoxy) is 2. The molecule has 0 saturated heterocycles. The van der Waals surface area contributed by atoms with Gasteiger partial charge in [0, 0.05) is 0 Å². The molecule has 1 rings (SSSR count). The molecule has 0 aromatic heterocycles. The van der Waals surface area contributed by atoms with Gasteiger partial charge in [-0.2, -0.15) is 13.2 Å². The van der Waals surface area contributed by atoms with E-state index in [2.05, 4.69) is 9.47 Å². The summed E-state index contributed by atoms with van der Waals surface area (Å²) < 4.78 is 81.6. The number of carbonyl (C=O) groups excluding carboxylic acids is 1. The standard InChI is InChI=1S/C11H8F6O3/c1-19-9(18)5-6-2-3-8(20-11(15,16)17)7(4-6)10(12,13)14/h2-4H,5H2,1H3. The normalized spacial score (nSPS) is 12.2. The first-order chi connectivity index (χ1) is 9.03. The van der Waals surface area contributed by atoms with Gasteiger partial charge in [-0.1, -0.05) is 6.07 Å². The molecule has 0 saturated carbocycles. The first-order valence-corrected chi connectivity index (χ1v) is 5.05. The third-order valence-electron chi connectivity index (χ3n) is 2.15. The van der Waals surface area contributed by atoms with E-state index in [1.807, 2.05) is 0 Å². The Morgan fingerprint density at radius 2 is 1.75 bits per heavy atom. The Balaban J connectivity index is 3.17. The van der Waals surface area contributed by atoms with E-state index in [1.165, 1.54) is 0 Å². The zero-order valence-electron chi connectivity index (χ0n) is 9.93.